The van der Waals surface area contributed by atoms with Crippen LogP contribution in [0.2, 0.25) is 0 Å². The molecule has 0 fully saturated rings. The molecule has 0 radical (unpaired) electrons. The van der Waals surface area contributed by atoms with E-state index in [2.05, 4.69) is 5.32 Å². The van der Waals surface area contributed by atoms with Crippen molar-refractivity contribution in [1.29, 1.82) is 0 Å². The Kier molecular flexibility index (Phi) is 4.66. The quantitative estimate of drug-likeness (QED) is 0.614. The Labute approximate surface area is 151 Å². The summed E-state index contributed by atoms with van der Waals surface area (Å²) in [5, 5.41) is 3.07. The van der Waals surface area contributed by atoms with Crippen LogP contribution < -0.4 is 10.2 Å². The zero-order chi connectivity index (χ0) is 19.1. The summed E-state index contributed by atoms with van der Waals surface area (Å²) in [6, 6.07) is 10.6. The third-order valence-corrected chi connectivity index (χ3v) is 5.02. The molecule has 2 aromatic carbocycles. The van der Waals surface area contributed by atoms with Gasteiger partial charge in [-0.25, -0.2) is 4.90 Å². The molecule has 3 rings (SSSR count). The number of carbonyl (C=O) groups is 2. The predicted octanol–water partition coefficient (Wildman–Crippen LogP) is 2.23. The number of imide groups is 1. The molecule has 7 nitrogen and oxygen atoms in total. The maximum absolute atomic E-state index is 12.5. The van der Waals surface area contributed by atoms with Crippen molar-refractivity contribution in [3.05, 3.63) is 59.2 Å². The zero-order valence-electron chi connectivity index (χ0n) is 14.3. The van der Waals surface area contributed by atoms with E-state index >= 15 is 0 Å². The van der Waals surface area contributed by atoms with Gasteiger partial charge in [0.25, 0.3) is 21.9 Å². The number of benzene rings is 2. The minimum Gasteiger partial charge on any atom is -0.310 e. The summed E-state index contributed by atoms with van der Waals surface area (Å²) in [5.41, 5.74) is 0.964. The highest BCUT2D eigenvalue weighted by Gasteiger charge is 2.36. The van der Waals surface area contributed by atoms with Crippen LogP contribution in [-0.2, 0) is 16.7 Å². The van der Waals surface area contributed by atoms with Crippen LogP contribution in [0.3, 0.4) is 0 Å². The van der Waals surface area contributed by atoms with E-state index in [0.717, 1.165) is 11.0 Å². The summed E-state index contributed by atoms with van der Waals surface area (Å²) < 4.78 is 33.1. The molecule has 0 aliphatic carbocycles. The number of hydrogen-bond acceptors (Lipinski definition) is 5. The fourth-order valence-electron chi connectivity index (χ4n) is 2.81. The van der Waals surface area contributed by atoms with Gasteiger partial charge in [-0.2, -0.15) is 8.42 Å². The fraction of sp³-hybridized carbons (Fsp3) is 0.222. The topological polar surface area (TPSA) is 104 Å². The molecule has 1 aliphatic rings. The van der Waals surface area contributed by atoms with Crippen molar-refractivity contribution in [2.24, 2.45) is 0 Å². The van der Waals surface area contributed by atoms with Gasteiger partial charge in [0.15, 0.2) is 0 Å². The normalized spacial score (nSPS) is 14.2. The van der Waals surface area contributed by atoms with Crippen LogP contribution in [0.25, 0.3) is 0 Å². The van der Waals surface area contributed by atoms with Gasteiger partial charge in [-0.15, -0.1) is 0 Å². The molecule has 0 saturated heterocycles. The van der Waals surface area contributed by atoms with Crippen molar-refractivity contribution in [2.75, 3.05) is 4.90 Å². The first-order chi connectivity index (χ1) is 12.2. The van der Waals surface area contributed by atoms with Crippen molar-refractivity contribution < 1.29 is 22.6 Å². The van der Waals surface area contributed by atoms with E-state index in [9.17, 15) is 22.6 Å². The van der Waals surface area contributed by atoms with Gasteiger partial charge in [0.1, 0.15) is 4.90 Å². The van der Waals surface area contributed by atoms with Gasteiger partial charge in [-0.3, -0.25) is 14.1 Å². The molecular weight excluding hydrogens is 356 g/mol. The van der Waals surface area contributed by atoms with Crippen molar-refractivity contribution in [3.63, 3.8) is 0 Å². The van der Waals surface area contributed by atoms with Gasteiger partial charge in [-0.05, 0) is 29.8 Å². The molecular formula is C18H18N2O5S. The fourth-order valence-corrected chi connectivity index (χ4v) is 3.55. The van der Waals surface area contributed by atoms with E-state index in [1.807, 2.05) is 13.8 Å². The van der Waals surface area contributed by atoms with Crippen LogP contribution in [0.15, 0.2) is 47.4 Å². The third-order valence-electron chi connectivity index (χ3n) is 4.08. The number of fused-ring (bicyclic) bond motifs is 1. The number of hydrogen-bond donors (Lipinski definition) is 2. The second kappa shape index (κ2) is 6.64. The number of anilines is 1. The summed E-state index contributed by atoms with van der Waals surface area (Å²) in [7, 11) is -4.53. The number of carbonyl (C=O) groups excluding carboxylic acids is 2. The maximum atomic E-state index is 12.5. The van der Waals surface area contributed by atoms with E-state index in [0.29, 0.717) is 5.56 Å². The summed E-state index contributed by atoms with van der Waals surface area (Å²) in [4.78, 5) is 25.7. The molecule has 0 spiro atoms. The highest BCUT2D eigenvalue weighted by atomic mass is 32.2. The van der Waals surface area contributed by atoms with Crippen LogP contribution in [0.5, 0.6) is 0 Å². The van der Waals surface area contributed by atoms with Crippen molar-refractivity contribution in [2.45, 2.75) is 31.3 Å². The summed E-state index contributed by atoms with van der Waals surface area (Å²) in [6.45, 7) is 4.02. The van der Waals surface area contributed by atoms with Crippen LogP contribution in [0.4, 0.5) is 5.69 Å². The monoisotopic (exact) mass is 374 g/mol. The van der Waals surface area contributed by atoms with E-state index < -0.39 is 21.9 Å². The average Bonchev–Trinajstić information content (AvgIpc) is 2.84. The number of amides is 2. The Morgan fingerprint density at radius 1 is 1.04 bits per heavy atom. The lowest BCUT2D eigenvalue weighted by atomic mass is 10.1. The lowest BCUT2D eigenvalue weighted by Crippen LogP contribution is -2.30. The Hall–Kier alpha value is -2.55. The molecule has 0 saturated carbocycles. The minimum absolute atomic E-state index is 0.0946. The van der Waals surface area contributed by atoms with E-state index in [1.54, 1.807) is 24.3 Å². The first-order valence-corrected chi connectivity index (χ1v) is 9.46. The standard InChI is InChI=1S/C18H18N2O5S/c1-11(2)19-10-12-7-8-13(9-16(12)26(23,24)25)20-17(21)14-5-3-4-6-15(14)18(20)22/h3-9,11,19H,10H2,1-2H3,(H,23,24,25). The van der Waals surface area contributed by atoms with Gasteiger partial charge < -0.3 is 5.32 Å². The van der Waals surface area contributed by atoms with Crippen LogP contribution >= 0.6 is 0 Å². The molecule has 8 heteroatoms. The molecule has 2 aromatic rings. The van der Waals surface area contributed by atoms with Gasteiger partial charge >= 0.3 is 0 Å². The molecule has 1 heterocycles. The van der Waals surface area contributed by atoms with Crippen LogP contribution in [-0.4, -0.2) is 30.8 Å². The van der Waals surface area contributed by atoms with Gasteiger partial charge in [0.05, 0.1) is 16.8 Å². The minimum atomic E-state index is -4.53. The molecule has 0 atom stereocenters. The Balaban J connectivity index is 2.05. The maximum Gasteiger partial charge on any atom is 0.294 e. The van der Waals surface area contributed by atoms with E-state index in [-0.39, 0.29) is 34.3 Å². The molecule has 1 aliphatic heterocycles. The first kappa shape index (κ1) is 18.2. The smallest absolute Gasteiger partial charge is 0.294 e. The average molecular weight is 374 g/mol. The summed E-state index contributed by atoms with van der Waals surface area (Å²) in [5.74, 6) is -1.06. The van der Waals surface area contributed by atoms with E-state index in [1.165, 1.54) is 12.1 Å². The van der Waals surface area contributed by atoms with Gasteiger partial charge in [-0.1, -0.05) is 32.0 Å². The third kappa shape index (κ3) is 3.26. The number of nitrogens with zero attached hydrogens (tertiary/aromatic N) is 1. The molecule has 0 bridgehead atoms. The second-order valence-electron chi connectivity index (χ2n) is 6.29. The highest BCUT2D eigenvalue weighted by Crippen LogP contribution is 2.31. The number of nitrogens with one attached hydrogen (secondary N) is 1. The summed E-state index contributed by atoms with van der Waals surface area (Å²) in [6.07, 6.45) is 0. The zero-order valence-corrected chi connectivity index (χ0v) is 15.1. The van der Waals surface area contributed by atoms with Crippen molar-refractivity contribution in [3.8, 4) is 0 Å². The second-order valence-corrected chi connectivity index (χ2v) is 7.68. The van der Waals surface area contributed by atoms with Crippen molar-refractivity contribution in [1.82, 2.24) is 5.32 Å². The lowest BCUT2D eigenvalue weighted by Gasteiger charge is -2.17. The van der Waals surface area contributed by atoms with E-state index in [4.69, 9.17) is 0 Å². The van der Waals surface area contributed by atoms with Gasteiger partial charge in [0.2, 0.25) is 0 Å². The molecule has 2 N–H and O–H groups in total. The Bertz CT molecular complexity index is 963. The van der Waals surface area contributed by atoms with Gasteiger partial charge in [0, 0.05) is 12.6 Å². The Morgan fingerprint density at radius 3 is 2.12 bits per heavy atom. The predicted molar refractivity (Wildman–Crippen MR) is 95.8 cm³/mol. The molecule has 0 aromatic heterocycles. The Morgan fingerprint density at radius 2 is 1.62 bits per heavy atom. The molecule has 2 amide bonds. The lowest BCUT2D eigenvalue weighted by molar-refractivity contribution is 0.0926. The number of rotatable bonds is 5. The van der Waals surface area contributed by atoms with Crippen LogP contribution in [0, 0.1) is 0 Å². The first-order valence-electron chi connectivity index (χ1n) is 8.01. The molecule has 136 valence electrons. The highest BCUT2D eigenvalue weighted by molar-refractivity contribution is 7.85. The molecule has 0 unspecified atom stereocenters. The van der Waals surface area contributed by atoms with Crippen LogP contribution in [0.1, 0.15) is 40.1 Å². The SMILES string of the molecule is CC(C)NCc1ccc(N2C(=O)c3ccccc3C2=O)cc1S(=O)(=O)O. The molecule has 26 heavy (non-hydrogen) atoms. The summed E-state index contributed by atoms with van der Waals surface area (Å²) >= 11 is 0. The largest absolute Gasteiger partial charge is 0.310 e. The van der Waals surface area contributed by atoms with Crippen molar-refractivity contribution >= 4 is 27.6 Å².